The molecule has 0 aromatic heterocycles. The van der Waals surface area contributed by atoms with Crippen molar-refractivity contribution in [1.29, 1.82) is 0 Å². The molecule has 0 bridgehead atoms. The standard InChI is InChI=1S/C17H18FNO2/c1-11(2)14-5-3-4-6-16(14)21-10-13-8-7-12(17(19)20)9-15(13)18/h3-9,11H,10H2,1-2H3,(H2,19,20). The zero-order valence-electron chi connectivity index (χ0n) is 12.1. The van der Waals surface area contributed by atoms with E-state index in [2.05, 4.69) is 13.8 Å². The van der Waals surface area contributed by atoms with Crippen LogP contribution in [0.15, 0.2) is 42.5 Å². The topological polar surface area (TPSA) is 52.3 Å². The van der Waals surface area contributed by atoms with Gasteiger partial charge in [0.15, 0.2) is 0 Å². The molecule has 0 saturated heterocycles. The summed E-state index contributed by atoms with van der Waals surface area (Å²) in [5, 5.41) is 0. The summed E-state index contributed by atoms with van der Waals surface area (Å²) in [6.45, 7) is 4.25. The van der Waals surface area contributed by atoms with E-state index in [1.807, 2.05) is 24.3 Å². The summed E-state index contributed by atoms with van der Waals surface area (Å²) in [7, 11) is 0. The van der Waals surface area contributed by atoms with Gasteiger partial charge in [0, 0.05) is 11.1 Å². The van der Waals surface area contributed by atoms with Crippen LogP contribution < -0.4 is 10.5 Å². The first kappa shape index (κ1) is 15.0. The summed E-state index contributed by atoms with van der Waals surface area (Å²) in [4.78, 5) is 11.0. The Labute approximate surface area is 123 Å². The minimum atomic E-state index is -0.647. The van der Waals surface area contributed by atoms with Gasteiger partial charge in [-0.25, -0.2) is 4.39 Å². The van der Waals surface area contributed by atoms with Gasteiger partial charge in [-0.05, 0) is 29.7 Å². The second-order valence-electron chi connectivity index (χ2n) is 5.15. The Morgan fingerprint density at radius 3 is 2.57 bits per heavy atom. The largest absolute Gasteiger partial charge is 0.489 e. The van der Waals surface area contributed by atoms with Gasteiger partial charge in [-0.15, -0.1) is 0 Å². The monoisotopic (exact) mass is 287 g/mol. The predicted molar refractivity (Wildman–Crippen MR) is 79.8 cm³/mol. The van der Waals surface area contributed by atoms with Gasteiger partial charge in [0.1, 0.15) is 18.2 Å². The van der Waals surface area contributed by atoms with Crippen LogP contribution in [0.4, 0.5) is 4.39 Å². The van der Waals surface area contributed by atoms with E-state index in [-0.39, 0.29) is 12.2 Å². The van der Waals surface area contributed by atoms with Crippen molar-refractivity contribution in [2.45, 2.75) is 26.4 Å². The summed E-state index contributed by atoms with van der Waals surface area (Å²) < 4.78 is 19.6. The zero-order valence-corrected chi connectivity index (χ0v) is 12.1. The first-order chi connectivity index (χ1) is 9.99. The van der Waals surface area contributed by atoms with Crippen LogP contribution in [0.1, 0.15) is 41.3 Å². The molecule has 0 aliphatic heterocycles. The van der Waals surface area contributed by atoms with Crippen LogP contribution in [-0.2, 0) is 6.61 Å². The number of hydrogen-bond acceptors (Lipinski definition) is 2. The van der Waals surface area contributed by atoms with Gasteiger partial charge in [0.05, 0.1) is 0 Å². The van der Waals surface area contributed by atoms with Gasteiger partial charge in [-0.3, -0.25) is 4.79 Å². The van der Waals surface area contributed by atoms with Crippen molar-refractivity contribution in [3.05, 3.63) is 65.0 Å². The molecule has 0 heterocycles. The number of hydrogen-bond donors (Lipinski definition) is 1. The quantitative estimate of drug-likeness (QED) is 0.913. The van der Waals surface area contributed by atoms with Crippen molar-refractivity contribution in [2.24, 2.45) is 5.73 Å². The van der Waals surface area contributed by atoms with E-state index in [0.29, 0.717) is 11.5 Å². The third-order valence-electron chi connectivity index (χ3n) is 3.26. The molecular formula is C17H18FNO2. The lowest BCUT2D eigenvalue weighted by molar-refractivity contribution is 0.0999. The number of halogens is 1. The molecule has 2 aromatic rings. The summed E-state index contributed by atoms with van der Waals surface area (Å²) in [6.07, 6.45) is 0. The first-order valence-electron chi connectivity index (χ1n) is 6.79. The third kappa shape index (κ3) is 3.60. The lowest BCUT2D eigenvalue weighted by Crippen LogP contribution is -2.12. The highest BCUT2D eigenvalue weighted by Crippen LogP contribution is 2.26. The van der Waals surface area contributed by atoms with Gasteiger partial charge < -0.3 is 10.5 Å². The number of rotatable bonds is 5. The Bertz CT molecular complexity index is 653. The molecule has 0 aliphatic rings. The molecule has 3 nitrogen and oxygen atoms in total. The van der Waals surface area contributed by atoms with E-state index in [9.17, 15) is 9.18 Å². The Morgan fingerprint density at radius 2 is 1.95 bits per heavy atom. The van der Waals surface area contributed by atoms with E-state index in [1.54, 1.807) is 0 Å². The van der Waals surface area contributed by atoms with Crippen molar-refractivity contribution in [1.82, 2.24) is 0 Å². The zero-order chi connectivity index (χ0) is 15.4. The molecule has 0 spiro atoms. The SMILES string of the molecule is CC(C)c1ccccc1OCc1ccc(C(N)=O)cc1F. The van der Waals surface area contributed by atoms with Gasteiger partial charge in [0.2, 0.25) is 5.91 Å². The number of carbonyl (C=O) groups excluding carboxylic acids is 1. The van der Waals surface area contributed by atoms with Crippen LogP contribution in [-0.4, -0.2) is 5.91 Å². The van der Waals surface area contributed by atoms with Crippen LogP contribution in [0.3, 0.4) is 0 Å². The van der Waals surface area contributed by atoms with Crippen LogP contribution in [0.25, 0.3) is 0 Å². The maximum absolute atomic E-state index is 13.9. The fourth-order valence-corrected chi connectivity index (χ4v) is 2.06. The average Bonchev–Trinajstić information content (AvgIpc) is 2.46. The van der Waals surface area contributed by atoms with Crippen LogP contribution >= 0.6 is 0 Å². The van der Waals surface area contributed by atoms with Crippen molar-refractivity contribution >= 4 is 5.91 Å². The minimum Gasteiger partial charge on any atom is -0.489 e. The molecule has 2 aromatic carbocycles. The van der Waals surface area contributed by atoms with Gasteiger partial charge >= 0.3 is 0 Å². The number of benzene rings is 2. The Kier molecular flexibility index (Phi) is 4.58. The normalized spacial score (nSPS) is 10.7. The molecule has 0 radical (unpaired) electrons. The summed E-state index contributed by atoms with van der Waals surface area (Å²) in [6, 6.07) is 11.8. The van der Waals surface area contributed by atoms with Crippen LogP contribution in [0, 0.1) is 5.82 Å². The van der Waals surface area contributed by atoms with E-state index in [4.69, 9.17) is 10.5 Å². The summed E-state index contributed by atoms with van der Waals surface area (Å²) in [5.41, 5.74) is 6.73. The fourth-order valence-electron chi connectivity index (χ4n) is 2.06. The molecule has 0 atom stereocenters. The number of ether oxygens (including phenoxy) is 1. The smallest absolute Gasteiger partial charge is 0.248 e. The summed E-state index contributed by atoms with van der Waals surface area (Å²) >= 11 is 0. The highest BCUT2D eigenvalue weighted by molar-refractivity contribution is 5.92. The maximum Gasteiger partial charge on any atom is 0.248 e. The number of amides is 1. The molecule has 110 valence electrons. The predicted octanol–water partition coefficient (Wildman–Crippen LogP) is 3.63. The molecular weight excluding hydrogens is 269 g/mol. The number of para-hydroxylation sites is 1. The van der Waals surface area contributed by atoms with Gasteiger partial charge in [-0.2, -0.15) is 0 Å². The van der Waals surface area contributed by atoms with E-state index in [0.717, 1.165) is 17.4 Å². The Morgan fingerprint density at radius 1 is 1.24 bits per heavy atom. The average molecular weight is 287 g/mol. The molecule has 0 unspecified atom stereocenters. The molecule has 4 heteroatoms. The van der Waals surface area contributed by atoms with Crippen molar-refractivity contribution in [3.63, 3.8) is 0 Å². The molecule has 0 fully saturated rings. The van der Waals surface area contributed by atoms with Crippen molar-refractivity contribution in [3.8, 4) is 5.75 Å². The van der Waals surface area contributed by atoms with Crippen LogP contribution in [0.5, 0.6) is 5.75 Å². The molecule has 2 N–H and O–H groups in total. The number of primary amides is 1. The molecule has 21 heavy (non-hydrogen) atoms. The molecule has 2 rings (SSSR count). The van der Waals surface area contributed by atoms with Crippen molar-refractivity contribution < 1.29 is 13.9 Å². The fraction of sp³-hybridized carbons (Fsp3) is 0.235. The second-order valence-corrected chi connectivity index (χ2v) is 5.15. The third-order valence-corrected chi connectivity index (χ3v) is 3.26. The maximum atomic E-state index is 13.9. The summed E-state index contributed by atoms with van der Waals surface area (Å²) in [5.74, 6) is -0.0750. The lowest BCUT2D eigenvalue weighted by Gasteiger charge is -2.14. The van der Waals surface area contributed by atoms with E-state index in [1.165, 1.54) is 12.1 Å². The van der Waals surface area contributed by atoms with Crippen LogP contribution in [0.2, 0.25) is 0 Å². The Balaban J connectivity index is 2.15. The van der Waals surface area contributed by atoms with Gasteiger partial charge in [-0.1, -0.05) is 38.1 Å². The lowest BCUT2D eigenvalue weighted by atomic mass is 10.0. The molecule has 0 saturated carbocycles. The highest BCUT2D eigenvalue weighted by Gasteiger charge is 2.10. The first-order valence-corrected chi connectivity index (χ1v) is 6.79. The van der Waals surface area contributed by atoms with Gasteiger partial charge in [0.25, 0.3) is 0 Å². The van der Waals surface area contributed by atoms with E-state index >= 15 is 0 Å². The molecule has 0 aliphatic carbocycles. The minimum absolute atomic E-state index is 0.106. The highest BCUT2D eigenvalue weighted by atomic mass is 19.1. The second kappa shape index (κ2) is 6.39. The number of nitrogens with two attached hydrogens (primary N) is 1. The van der Waals surface area contributed by atoms with Crippen molar-refractivity contribution in [2.75, 3.05) is 0 Å². The number of carbonyl (C=O) groups is 1. The van der Waals surface area contributed by atoms with E-state index < -0.39 is 11.7 Å². The molecule has 1 amide bonds. The Hall–Kier alpha value is -2.36.